The highest BCUT2D eigenvalue weighted by molar-refractivity contribution is 6.04. The van der Waals surface area contributed by atoms with Gasteiger partial charge in [0.2, 0.25) is 0 Å². The molecule has 0 bridgehead atoms. The van der Waals surface area contributed by atoms with Crippen molar-refractivity contribution >= 4 is 28.9 Å². The van der Waals surface area contributed by atoms with Crippen molar-refractivity contribution in [3.8, 4) is 11.5 Å². The zero-order chi connectivity index (χ0) is 24.6. The minimum absolute atomic E-state index is 0.283. The number of nitrogens with one attached hydrogen (secondary N) is 2. The Kier molecular flexibility index (Phi) is 7.79. The third kappa shape index (κ3) is 6.48. The van der Waals surface area contributed by atoms with E-state index in [9.17, 15) is 14.0 Å². The second-order valence-electron chi connectivity index (χ2n) is 7.81. The number of benzene rings is 3. The van der Waals surface area contributed by atoms with E-state index in [1.807, 2.05) is 24.3 Å². The van der Waals surface area contributed by atoms with E-state index in [2.05, 4.69) is 15.5 Å². The van der Waals surface area contributed by atoms with Gasteiger partial charge in [-0.25, -0.2) is 4.39 Å². The smallest absolute Gasteiger partial charge is 0.262 e. The number of ether oxygens (including phenoxy) is 3. The number of hydrogen-bond donors (Lipinski definition) is 2. The van der Waals surface area contributed by atoms with Crippen molar-refractivity contribution in [2.75, 3.05) is 55.6 Å². The van der Waals surface area contributed by atoms with Crippen molar-refractivity contribution in [3.63, 3.8) is 0 Å². The molecule has 3 aromatic carbocycles. The van der Waals surface area contributed by atoms with Crippen molar-refractivity contribution in [3.05, 3.63) is 78.1 Å². The van der Waals surface area contributed by atoms with Crippen LogP contribution in [0.5, 0.6) is 11.5 Å². The maximum absolute atomic E-state index is 13.0. The molecule has 1 heterocycles. The molecule has 2 N–H and O–H groups in total. The molecule has 2 amide bonds. The molecule has 1 aliphatic heterocycles. The van der Waals surface area contributed by atoms with Gasteiger partial charge in [0, 0.05) is 35.7 Å². The van der Waals surface area contributed by atoms with Crippen LogP contribution in [-0.2, 0) is 9.53 Å². The quantitative estimate of drug-likeness (QED) is 0.509. The van der Waals surface area contributed by atoms with Crippen LogP contribution in [0.25, 0.3) is 0 Å². The highest BCUT2D eigenvalue weighted by Gasteiger charge is 2.14. The van der Waals surface area contributed by atoms with E-state index < -0.39 is 11.7 Å². The fourth-order valence-corrected chi connectivity index (χ4v) is 3.58. The van der Waals surface area contributed by atoms with Crippen LogP contribution in [0, 0.1) is 5.82 Å². The summed E-state index contributed by atoms with van der Waals surface area (Å²) in [5.41, 5.74) is 2.58. The molecule has 8 nitrogen and oxygen atoms in total. The average molecular weight is 480 g/mol. The highest BCUT2D eigenvalue weighted by Crippen LogP contribution is 2.29. The summed E-state index contributed by atoms with van der Waals surface area (Å²) in [5, 5.41) is 5.49. The number of morpholine rings is 1. The zero-order valence-electron chi connectivity index (χ0n) is 19.3. The molecule has 0 unspecified atom stereocenters. The van der Waals surface area contributed by atoms with Gasteiger partial charge in [-0.3, -0.25) is 9.59 Å². The monoisotopic (exact) mass is 479 g/mol. The first-order chi connectivity index (χ1) is 17.0. The molecule has 0 atom stereocenters. The lowest BCUT2D eigenvalue weighted by atomic mass is 10.1. The normalized spacial score (nSPS) is 13.1. The molecule has 0 radical (unpaired) electrons. The first-order valence-corrected chi connectivity index (χ1v) is 11.1. The number of carbonyl (C=O) groups excluding carboxylic acids is 2. The summed E-state index contributed by atoms with van der Waals surface area (Å²) in [4.78, 5) is 27.1. The second-order valence-corrected chi connectivity index (χ2v) is 7.81. The molecular formula is C26H26FN3O5. The SMILES string of the molecule is COc1cc(C(=O)Nc2ccc(N3CCOCC3)cc2)ccc1OCC(=O)Nc1ccc(F)cc1. The molecule has 0 aliphatic carbocycles. The number of hydrogen-bond acceptors (Lipinski definition) is 6. The molecule has 9 heteroatoms. The molecule has 1 saturated heterocycles. The molecular weight excluding hydrogens is 453 g/mol. The first-order valence-electron chi connectivity index (χ1n) is 11.1. The van der Waals surface area contributed by atoms with Crippen LogP contribution in [0.3, 0.4) is 0 Å². The third-order valence-electron chi connectivity index (χ3n) is 5.41. The van der Waals surface area contributed by atoms with E-state index in [0.29, 0.717) is 41.7 Å². The highest BCUT2D eigenvalue weighted by atomic mass is 19.1. The minimum Gasteiger partial charge on any atom is -0.493 e. The van der Waals surface area contributed by atoms with Gasteiger partial charge < -0.3 is 29.7 Å². The fraction of sp³-hybridized carbons (Fsp3) is 0.231. The van der Waals surface area contributed by atoms with Crippen molar-refractivity contribution in [2.45, 2.75) is 0 Å². The summed E-state index contributed by atoms with van der Waals surface area (Å²) in [5.74, 6) is -0.481. The summed E-state index contributed by atoms with van der Waals surface area (Å²) >= 11 is 0. The molecule has 1 aliphatic rings. The van der Waals surface area contributed by atoms with Crippen molar-refractivity contribution in [2.24, 2.45) is 0 Å². The number of anilines is 3. The zero-order valence-corrected chi connectivity index (χ0v) is 19.3. The van der Waals surface area contributed by atoms with Crippen LogP contribution in [-0.4, -0.2) is 51.8 Å². The van der Waals surface area contributed by atoms with E-state index in [1.165, 1.54) is 31.4 Å². The number of amides is 2. The third-order valence-corrected chi connectivity index (χ3v) is 5.41. The van der Waals surface area contributed by atoms with Gasteiger partial charge >= 0.3 is 0 Å². The van der Waals surface area contributed by atoms with Gasteiger partial charge in [0.15, 0.2) is 18.1 Å². The Morgan fingerprint density at radius 2 is 1.57 bits per heavy atom. The van der Waals surface area contributed by atoms with Gasteiger partial charge in [-0.1, -0.05) is 0 Å². The second kappa shape index (κ2) is 11.3. The van der Waals surface area contributed by atoms with E-state index in [-0.39, 0.29) is 12.5 Å². The van der Waals surface area contributed by atoms with Crippen LogP contribution in [0.4, 0.5) is 21.5 Å². The average Bonchev–Trinajstić information content (AvgIpc) is 2.89. The number of rotatable bonds is 8. The van der Waals surface area contributed by atoms with Crippen LogP contribution in [0.15, 0.2) is 66.7 Å². The lowest BCUT2D eigenvalue weighted by Crippen LogP contribution is -2.36. The Bertz CT molecular complexity index is 1160. The summed E-state index contributed by atoms with van der Waals surface area (Å²) in [6, 6.07) is 17.8. The summed E-state index contributed by atoms with van der Waals surface area (Å²) in [6.07, 6.45) is 0. The first kappa shape index (κ1) is 24.0. The molecule has 1 fully saturated rings. The molecule has 0 saturated carbocycles. The summed E-state index contributed by atoms with van der Waals surface area (Å²) in [6.45, 7) is 2.81. The summed E-state index contributed by atoms with van der Waals surface area (Å²) in [7, 11) is 1.45. The standard InChI is InChI=1S/C26H26FN3O5/c1-33-24-16-18(2-11-23(24)35-17-25(31)28-20-5-3-19(27)4-6-20)26(32)29-21-7-9-22(10-8-21)30-12-14-34-15-13-30/h2-11,16H,12-15,17H2,1H3,(H,28,31)(H,29,32). The van der Waals surface area contributed by atoms with Crippen molar-refractivity contribution < 1.29 is 28.2 Å². The lowest BCUT2D eigenvalue weighted by Gasteiger charge is -2.28. The van der Waals surface area contributed by atoms with Gasteiger partial charge in [-0.2, -0.15) is 0 Å². The number of nitrogens with zero attached hydrogens (tertiary/aromatic N) is 1. The molecule has 35 heavy (non-hydrogen) atoms. The molecule has 182 valence electrons. The molecule has 0 aromatic heterocycles. The Morgan fingerprint density at radius 3 is 2.26 bits per heavy atom. The van der Waals surface area contributed by atoms with Crippen LogP contribution < -0.4 is 25.0 Å². The topological polar surface area (TPSA) is 89.1 Å². The summed E-state index contributed by atoms with van der Waals surface area (Å²) < 4.78 is 29.3. The Labute approximate surface area is 202 Å². The van der Waals surface area contributed by atoms with E-state index in [4.69, 9.17) is 14.2 Å². The number of methoxy groups -OCH3 is 1. The van der Waals surface area contributed by atoms with E-state index >= 15 is 0 Å². The van der Waals surface area contributed by atoms with Crippen molar-refractivity contribution in [1.82, 2.24) is 0 Å². The van der Waals surface area contributed by atoms with Gasteiger partial charge in [0.1, 0.15) is 5.82 Å². The molecule has 0 spiro atoms. The Morgan fingerprint density at radius 1 is 0.914 bits per heavy atom. The maximum atomic E-state index is 13.0. The lowest BCUT2D eigenvalue weighted by molar-refractivity contribution is -0.118. The van der Waals surface area contributed by atoms with Gasteiger partial charge in [0.05, 0.1) is 20.3 Å². The Hall–Kier alpha value is -4.11. The van der Waals surface area contributed by atoms with Gasteiger partial charge in [-0.15, -0.1) is 0 Å². The van der Waals surface area contributed by atoms with E-state index in [1.54, 1.807) is 18.2 Å². The van der Waals surface area contributed by atoms with Crippen LogP contribution >= 0.6 is 0 Å². The predicted molar refractivity (Wildman–Crippen MR) is 131 cm³/mol. The van der Waals surface area contributed by atoms with Crippen molar-refractivity contribution in [1.29, 1.82) is 0 Å². The van der Waals surface area contributed by atoms with Gasteiger partial charge in [0.25, 0.3) is 11.8 Å². The van der Waals surface area contributed by atoms with Crippen LogP contribution in [0.2, 0.25) is 0 Å². The minimum atomic E-state index is -0.416. The van der Waals surface area contributed by atoms with Gasteiger partial charge in [-0.05, 0) is 66.7 Å². The predicted octanol–water partition coefficient (Wildman–Crippen LogP) is 3.94. The Balaban J connectivity index is 1.34. The number of carbonyl (C=O) groups is 2. The number of halogens is 1. The molecule has 4 rings (SSSR count). The van der Waals surface area contributed by atoms with E-state index in [0.717, 1.165) is 18.8 Å². The fourth-order valence-electron chi connectivity index (χ4n) is 3.58. The van der Waals surface area contributed by atoms with Crippen LogP contribution in [0.1, 0.15) is 10.4 Å². The maximum Gasteiger partial charge on any atom is 0.262 e. The largest absolute Gasteiger partial charge is 0.493 e. The molecule has 3 aromatic rings.